The van der Waals surface area contributed by atoms with E-state index in [0.717, 1.165) is 22.3 Å². The molecule has 2 aromatic carbocycles. The number of rotatable bonds is 6. The minimum atomic E-state index is -0.472. The zero-order valence-corrected chi connectivity index (χ0v) is 26.3. The van der Waals surface area contributed by atoms with Crippen molar-refractivity contribution in [2.24, 2.45) is 9.98 Å². The van der Waals surface area contributed by atoms with E-state index in [2.05, 4.69) is 19.5 Å². The first kappa shape index (κ1) is 32.7. The van der Waals surface area contributed by atoms with Gasteiger partial charge in [-0.15, -0.1) is 10.1 Å². The summed E-state index contributed by atoms with van der Waals surface area (Å²) in [5.74, 6) is 0.0652. The van der Waals surface area contributed by atoms with Crippen LogP contribution in [0.2, 0.25) is 0 Å². The maximum absolute atomic E-state index is 11.2. The molecule has 0 amide bonds. The quantitative estimate of drug-likeness (QED) is 0.378. The number of carbonyl (C=O) groups excluding carboxylic acids is 2. The van der Waals surface area contributed by atoms with Gasteiger partial charge in [-0.25, -0.2) is 9.98 Å². The maximum atomic E-state index is 11.2. The molecule has 0 aliphatic carbocycles. The molecule has 0 saturated heterocycles. The summed E-state index contributed by atoms with van der Waals surface area (Å²) in [6.45, 7) is 4.05. The van der Waals surface area contributed by atoms with Crippen molar-refractivity contribution in [3.05, 3.63) is 70.8 Å². The molecule has 4 rings (SSSR count). The summed E-state index contributed by atoms with van der Waals surface area (Å²) in [5, 5.41) is 3.28. The molecule has 0 bridgehead atoms. The number of hydroxylamine groups is 4. The molecule has 216 valence electrons. The Balaban J connectivity index is 0.000000249. The molecule has 10 nitrogen and oxygen atoms in total. The third-order valence-electron chi connectivity index (χ3n) is 5.70. The Labute approximate surface area is 245 Å². The second-order valence-electron chi connectivity index (χ2n) is 8.33. The number of aryl methyl sites for hydroxylation is 2. The van der Waals surface area contributed by atoms with Crippen LogP contribution in [0.1, 0.15) is 47.4 Å². The van der Waals surface area contributed by atoms with Crippen LogP contribution in [0.15, 0.2) is 58.5 Å². The van der Waals surface area contributed by atoms with Gasteiger partial charge in [-0.1, -0.05) is 48.5 Å². The van der Waals surface area contributed by atoms with E-state index in [-0.39, 0.29) is 37.1 Å². The molecule has 0 spiro atoms. The van der Waals surface area contributed by atoms with Crippen LogP contribution in [-0.2, 0) is 45.2 Å². The Hall–Kier alpha value is -2.49. The monoisotopic (exact) mass is 761 g/mol. The van der Waals surface area contributed by atoms with Gasteiger partial charge in [-0.3, -0.25) is 9.59 Å². The van der Waals surface area contributed by atoms with E-state index in [0.29, 0.717) is 11.8 Å². The number of halogens is 2. The number of carbonyl (C=O) groups is 2. The average Bonchev–Trinajstić information content (AvgIpc) is 3.46. The molecule has 2 aromatic rings. The van der Waals surface area contributed by atoms with Crippen LogP contribution in [-0.4, -0.2) is 62.2 Å². The van der Waals surface area contributed by atoms with Crippen molar-refractivity contribution in [3.8, 4) is 0 Å². The number of esters is 2. The van der Waals surface area contributed by atoms with Crippen molar-refractivity contribution in [3.63, 3.8) is 0 Å². The van der Waals surface area contributed by atoms with Gasteiger partial charge >= 0.3 is 47.3 Å². The van der Waals surface area contributed by atoms with Gasteiger partial charge in [0.2, 0.25) is 11.8 Å². The normalized spacial score (nSPS) is 18.4. The van der Waals surface area contributed by atoms with Crippen LogP contribution < -0.4 is 0 Å². The van der Waals surface area contributed by atoms with Crippen LogP contribution >= 0.6 is 18.8 Å². The van der Waals surface area contributed by atoms with Gasteiger partial charge in [0.1, 0.15) is 12.8 Å². The van der Waals surface area contributed by atoms with Crippen molar-refractivity contribution in [2.75, 3.05) is 28.3 Å². The molecule has 2 atom stereocenters. The Kier molecular flexibility index (Phi) is 13.9. The fourth-order valence-corrected chi connectivity index (χ4v) is 3.75. The van der Waals surface area contributed by atoms with Crippen LogP contribution in [0.5, 0.6) is 0 Å². The molecule has 0 N–H and O–H groups in total. The van der Waals surface area contributed by atoms with Crippen LogP contribution in [0.3, 0.4) is 0 Å². The van der Waals surface area contributed by atoms with Crippen molar-refractivity contribution in [1.82, 2.24) is 10.1 Å². The summed E-state index contributed by atoms with van der Waals surface area (Å²) < 4.78 is 9.19. The predicted octanol–water partition coefficient (Wildman–Crippen LogP) is 5.04. The standard InChI is InChI=1S/2C13H16N2O3.2ClH.Pt/c2*1-9-6-4-5-7-10(9)13-14-11(18-15(13)2)8-12(16)17-3;;;/h2*4-7,13H,8H2,1-3H3;2*1H;/q;;;;+2/p-2. The summed E-state index contributed by atoms with van der Waals surface area (Å²) in [5.41, 5.74) is 4.42. The SMILES string of the molecule is COC(=O)CC1=NC(c2ccccc2C)N(C)O1.COC(=O)CC1=NC(c2ccccc2C)N(C)O1.[Cl][Pt][Cl]. The number of nitrogens with zero attached hydrogens (tertiary/aromatic N) is 4. The van der Waals surface area contributed by atoms with E-state index in [1.54, 1.807) is 24.2 Å². The van der Waals surface area contributed by atoms with Crippen LogP contribution in [0.4, 0.5) is 0 Å². The number of ether oxygens (including phenoxy) is 2. The Morgan fingerprint density at radius 1 is 0.795 bits per heavy atom. The summed E-state index contributed by atoms with van der Waals surface area (Å²) in [6.07, 6.45) is -0.288. The van der Waals surface area contributed by atoms with Crippen LogP contribution in [0, 0.1) is 13.8 Å². The van der Waals surface area contributed by atoms with E-state index >= 15 is 0 Å². The van der Waals surface area contributed by atoms with E-state index in [1.807, 2.05) is 62.4 Å². The van der Waals surface area contributed by atoms with E-state index in [4.69, 9.17) is 28.5 Å². The molecular weight excluding hydrogens is 730 g/mol. The molecule has 2 aliphatic heterocycles. The van der Waals surface area contributed by atoms with Crippen LogP contribution in [0.25, 0.3) is 0 Å². The molecule has 0 fully saturated rings. The van der Waals surface area contributed by atoms with Gasteiger partial charge < -0.3 is 19.1 Å². The van der Waals surface area contributed by atoms with Gasteiger partial charge in [0.25, 0.3) is 0 Å². The van der Waals surface area contributed by atoms with E-state index in [1.165, 1.54) is 14.2 Å². The Morgan fingerprint density at radius 3 is 1.44 bits per heavy atom. The summed E-state index contributed by atoms with van der Waals surface area (Å²) >= 11 is -0.472. The molecule has 13 heteroatoms. The van der Waals surface area contributed by atoms with E-state index in [9.17, 15) is 9.59 Å². The molecule has 2 heterocycles. The number of hydrogen-bond acceptors (Lipinski definition) is 10. The molecular formula is C26H32Cl2N4O6Pt. The van der Waals surface area contributed by atoms with Crippen molar-refractivity contribution in [1.29, 1.82) is 0 Å². The molecule has 0 radical (unpaired) electrons. The van der Waals surface area contributed by atoms with Gasteiger partial charge in [0.05, 0.1) is 14.2 Å². The van der Waals surface area contributed by atoms with Gasteiger partial charge in [0.15, 0.2) is 12.3 Å². The van der Waals surface area contributed by atoms with Gasteiger partial charge in [-0.05, 0) is 36.1 Å². The number of aliphatic imine (C=N–C) groups is 2. The zero-order valence-electron chi connectivity index (χ0n) is 22.5. The fraction of sp³-hybridized carbons (Fsp3) is 0.385. The zero-order chi connectivity index (χ0) is 28.9. The third-order valence-corrected chi connectivity index (χ3v) is 5.70. The van der Waals surface area contributed by atoms with Crippen molar-refractivity contribution < 1.29 is 45.2 Å². The summed E-state index contributed by atoms with van der Waals surface area (Å²) in [6, 6.07) is 15.9. The minimum absolute atomic E-state index is 0.0588. The van der Waals surface area contributed by atoms with Crippen molar-refractivity contribution >= 4 is 42.6 Å². The Bertz CT molecular complexity index is 1090. The molecule has 2 aliphatic rings. The first-order chi connectivity index (χ1) is 18.6. The molecule has 0 aromatic heterocycles. The number of benzene rings is 2. The average molecular weight is 763 g/mol. The van der Waals surface area contributed by atoms with E-state index < -0.39 is 16.5 Å². The molecule has 0 saturated carbocycles. The van der Waals surface area contributed by atoms with Gasteiger partial charge in [0, 0.05) is 14.1 Å². The fourth-order valence-electron chi connectivity index (χ4n) is 3.75. The summed E-state index contributed by atoms with van der Waals surface area (Å²) in [7, 11) is 16.0. The first-order valence-corrected chi connectivity index (χ1v) is 17.3. The molecule has 2 unspecified atom stereocenters. The Morgan fingerprint density at radius 2 is 1.13 bits per heavy atom. The molecule has 39 heavy (non-hydrogen) atoms. The summed E-state index contributed by atoms with van der Waals surface area (Å²) in [4.78, 5) is 42.1. The second-order valence-corrected chi connectivity index (χ2v) is 11.6. The number of hydrogen-bond donors (Lipinski definition) is 0. The third kappa shape index (κ3) is 9.88. The number of methoxy groups -OCH3 is 2. The topological polar surface area (TPSA) is 102 Å². The second kappa shape index (κ2) is 16.6. The van der Waals surface area contributed by atoms with Gasteiger partial charge in [-0.2, -0.15) is 0 Å². The first-order valence-electron chi connectivity index (χ1n) is 11.7. The predicted molar refractivity (Wildman–Crippen MR) is 145 cm³/mol. The van der Waals surface area contributed by atoms with Crippen molar-refractivity contribution in [2.45, 2.75) is 39.0 Å².